The van der Waals surface area contributed by atoms with Gasteiger partial charge in [0.2, 0.25) is 0 Å². The van der Waals surface area contributed by atoms with Crippen LogP contribution in [0, 0.1) is 22.7 Å². The number of nitrogens with zero attached hydrogens (tertiary/aromatic N) is 4. The molecule has 0 radical (unpaired) electrons. The predicted octanol–water partition coefficient (Wildman–Crippen LogP) is 9.74. The fourth-order valence-electron chi connectivity index (χ4n) is 5.88. The molecular weight excluding hydrogens is 864 g/mol. The lowest BCUT2D eigenvalue weighted by Gasteiger charge is -2.17. The summed E-state index contributed by atoms with van der Waals surface area (Å²) in [6, 6.07) is 24.1. The van der Waals surface area contributed by atoms with Crippen molar-refractivity contribution in [3.05, 3.63) is 162 Å². The van der Waals surface area contributed by atoms with Gasteiger partial charge in [-0.15, -0.1) is 0 Å². The fraction of sp³-hybridized carbons (Fsp3) is 0.156. The number of rotatable bonds is 18. The molecule has 0 atom stereocenters. The van der Waals surface area contributed by atoms with Crippen LogP contribution in [-0.4, -0.2) is 40.4 Å². The molecule has 0 unspecified atom stereocenters. The van der Waals surface area contributed by atoms with E-state index in [9.17, 15) is 25.2 Å². The SMILES string of the molecule is N#Cc1cncc(COc2cc(OCc3cccc(-c4cccc(COc5cc(OCc6cncc(C#N)c6)c(C(=O)NCCCO)cc5Cl)c4Cl)c3Cl)c(Cl)cc2C=O)c1. The maximum Gasteiger partial charge on any atom is 0.255 e. The molecule has 0 saturated heterocycles. The van der Waals surface area contributed by atoms with E-state index in [1.807, 2.05) is 30.3 Å². The second-order valence-corrected chi connectivity index (χ2v) is 14.7. The van der Waals surface area contributed by atoms with Crippen LogP contribution in [0.15, 0.2) is 97.6 Å². The summed E-state index contributed by atoms with van der Waals surface area (Å²) < 4.78 is 24.2. The molecule has 16 heteroatoms. The molecule has 308 valence electrons. The summed E-state index contributed by atoms with van der Waals surface area (Å²) in [6.45, 7) is 0.148. The van der Waals surface area contributed by atoms with Gasteiger partial charge in [-0.1, -0.05) is 82.8 Å². The molecule has 6 aromatic rings. The van der Waals surface area contributed by atoms with E-state index >= 15 is 0 Å². The molecule has 0 aliphatic heterocycles. The zero-order chi connectivity index (χ0) is 43.3. The first-order chi connectivity index (χ1) is 29.6. The first kappa shape index (κ1) is 44.2. The summed E-state index contributed by atoms with van der Waals surface area (Å²) >= 11 is 27.1. The minimum absolute atomic E-state index is 0.000543. The van der Waals surface area contributed by atoms with Crippen molar-refractivity contribution in [1.82, 2.24) is 15.3 Å². The van der Waals surface area contributed by atoms with E-state index in [0.29, 0.717) is 67.3 Å². The number of amides is 1. The van der Waals surface area contributed by atoms with Gasteiger partial charge in [0.05, 0.1) is 42.3 Å². The number of pyridine rings is 2. The van der Waals surface area contributed by atoms with Gasteiger partial charge >= 0.3 is 0 Å². The fourth-order valence-corrected chi connectivity index (χ4v) is 6.89. The van der Waals surface area contributed by atoms with Crippen LogP contribution in [-0.2, 0) is 26.4 Å². The number of carbonyl (C=O) groups excluding carboxylic acids is 2. The number of carbonyl (C=O) groups is 2. The van der Waals surface area contributed by atoms with Crippen molar-refractivity contribution in [2.45, 2.75) is 32.8 Å². The van der Waals surface area contributed by atoms with Crippen LogP contribution in [0.25, 0.3) is 11.1 Å². The number of aromatic nitrogens is 2. The highest BCUT2D eigenvalue weighted by Crippen LogP contribution is 2.40. The third kappa shape index (κ3) is 11.3. The van der Waals surface area contributed by atoms with E-state index in [1.54, 1.807) is 42.7 Å². The van der Waals surface area contributed by atoms with Crippen LogP contribution >= 0.6 is 46.4 Å². The van der Waals surface area contributed by atoms with Crippen LogP contribution < -0.4 is 24.3 Å². The van der Waals surface area contributed by atoms with Crippen molar-refractivity contribution < 1.29 is 33.6 Å². The van der Waals surface area contributed by atoms with E-state index in [1.165, 1.54) is 36.7 Å². The normalized spacial score (nSPS) is 10.6. The number of aldehydes is 1. The molecule has 0 spiro atoms. The van der Waals surface area contributed by atoms with Gasteiger partial charge in [-0.3, -0.25) is 19.6 Å². The molecular formula is C45H33Cl4N5O7. The van der Waals surface area contributed by atoms with Gasteiger partial charge in [0.15, 0.2) is 6.29 Å². The highest BCUT2D eigenvalue weighted by Gasteiger charge is 2.20. The zero-order valence-electron chi connectivity index (χ0n) is 32.0. The van der Waals surface area contributed by atoms with E-state index < -0.39 is 5.91 Å². The standard InChI is InChI=1S/C45H33Cl4N5O7/c46-37-12-33(22-56)39(58-23-29-10-27(16-50)18-52-20-29)14-41(37)60-25-31-4-1-6-34(43(31)48)35-7-2-5-32(44(35)49)26-61-42-15-40(59-24-30-11-28(17-51)19-53-21-30)36(13-38(42)47)45(57)54-8-3-9-55/h1-2,4-7,10-15,18-22,55H,3,8-9,23-26H2,(H,54,57). The Morgan fingerprint density at radius 2 is 1.18 bits per heavy atom. The smallest absolute Gasteiger partial charge is 0.255 e. The molecule has 2 heterocycles. The third-order valence-corrected chi connectivity index (χ3v) is 10.4. The molecule has 0 fully saturated rings. The van der Waals surface area contributed by atoms with E-state index in [0.717, 1.165) is 0 Å². The van der Waals surface area contributed by atoms with Crippen molar-refractivity contribution in [3.8, 4) is 46.3 Å². The Kier molecular flexibility index (Phi) is 15.4. The van der Waals surface area contributed by atoms with Crippen molar-refractivity contribution in [2.75, 3.05) is 13.2 Å². The molecule has 61 heavy (non-hydrogen) atoms. The summed E-state index contributed by atoms with van der Waals surface area (Å²) in [5, 5.41) is 31.4. The maximum absolute atomic E-state index is 13.1. The molecule has 12 nitrogen and oxygen atoms in total. The first-order valence-electron chi connectivity index (χ1n) is 18.4. The van der Waals surface area contributed by atoms with Crippen molar-refractivity contribution >= 4 is 58.6 Å². The molecule has 0 bridgehead atoms. The highest BCUT2D eigenvalue weighted by atomic mass is 35.5. The number of halogens is 4. The van der Waals surface area contributed by atoms with Gasteiger partial charge in [0, 0.05) is 83.5 Å². The third-order valence-electron chi connectivity index (χ3n) is 8.94. The lowest BCUT2D eigenvalue weighted by Crippen LogP contribution is -2.25. The van der Waals surface area contributed by atoms with E-state index in [4.69, 9.17) is 65.4 Å². The quantitative estimate of drug-likeness (QED) is 0.0620. The minimum atomic E-state index is -0.466. The Balaban J connectivity index is 1.19. The Morgan fingerprint density at radius 1 is 0.672 bits per heavy atom. The van der Waals surface area contributed by atoms with Gasteiger partial charge < -0.3 is 29.4 Å². The summed E-state index contributed by atoms with van der Waals surface area (Å²) in [6.07, 6.45) is 6.96. The highest BCUT2D eigenvalue weighted by molar-refractivity contribution is 6.37. The number of ether oxygens (including phenoxy) is 4. The number of aliphatic hydroxyl groups excluding tert-OH is 1. The second-order valence-electron chi connectivity index (χ2n) is 13.1. The lowest BCUT2D eigenvalue weighted by molar-refractivity contribution is 0.0946. The Morgan fingerprint density at radius 3 is 1.70 bits per heavy atom. The predicted molar refractivity (Wildman–Crippen MR) is 229 cm³/mol. The van der Waals surface area contributed by atoms with Gasteiger partial charge in [-0.2, -0.15) is 10.5 Å². The number of aliphatic hydroxyl groups is 1. The van der Waals surface area contributed by atoms with E-state index in [-0.39, 0.29) is 83.7 Å². The van der Waals surface area contributed by atoms with E-state index in [2.05, 4.69) is 15.3 Å². The molecule has 0 saturated carbocycles. The molecule has 0 aliphatic carbocycles. The monoisotopic (exact) mass is 895 g/mol. The van der Waals surface area contributed by atoms with Crippen molar-refractivity contribution in [2.24, 2.45) is 0 Å². The van der Waals surface area contributed by atoms with Crippen LogP contribution in [0.4, 0.5) is 0 Å². The maximum atomic E-state index is 13.1. The molecule has 4 aromatic carbocycles. The summed E-state index contributed by atoms with van der Waals surface area (Å²) in [5.41, 5.74) is 4.77. The number of benzene rings is 4. The lowest BCUT2D eigenvalue weighted by atomic mass is 10.0. The Bertz CT molecular complexity index is 2670. The van der Waals surface area contributed by atoms with Gasteiger partial charge in [-0.25, -0.2) is 0 Å². The summed E-state index contributed by atoms with van der Waals surface area (Å²) in [5.74, 6) is 0.385. The number of hydrogen-bond donors (Lipinski definition) is 2. The van der Waals surface area contributed by atoms with Crippen molar-refractivity contribution in [1.29, 1.82) is 10.5 Å². The van der Waals surface area contributed by atoms with Gasteiger partial charge in [0.25, 0.3) is 5.91 Å². The van der Waals surface area contributed by atoms with Crippen LogP contribution in [0.3, 0.4) is 0 Å². The number of nitrogens with one attached hydrogen (secondary N) is 1. The number of hydrogen-bond acceptors (Lipinski definition) is 11. The second kappa shape index (κ2) is 21.2. The van der Waals surface area contributed by atoms with Crippen LogP contribution in [0.1, 0.15) is 60.5 Å². The summed E-state index contributed by atoms with van der Waals surface area (Å²) in [7, 11) is 0. The molecule has 2 N–H and O–H groups in total. The Hall–Kier alpha value is -6.38. The molecule has 1 amide bonds. The average molecular weight is 898 g/mol. The van der Waals surface area contributed by atoms with Gasteiger partial charge in [0.1, 0.15) is 61.6 Å². The minimum Gasteiger partial charge on any atom is -0.488 e. The molecule has 2 aromatic heterocycles. The molecule has 0 aliphatic rings. The Labute approximate surface area is 370 Å². The zero-order valence-corrected chi connectivity index (χ0v) is 35.0. The largest absolute Gasteiger partial charge is 0.488 e. The molecule has 6 rings (SSSR count). The van der Waals surface area contributed by atoms with Gasteiger partial charge in [-0.05, 0) is 30.7 Å². The van der Waals surface area contributed by atoms with Crippen LogP contribution in [0.5, 0.6) is 23.0 Å². The van der Waals surface area contributed by atoms with Crippen LogP contribution in [0.2, 0.25) is 20.1 Å². The van der Waals surface area contributed by atoms with Crippen molar-refractivity contribution in [3.63, 3.8) is 0 Å². The topological polar surface area (TPSA) is 177 Å². The average Bonchev–Trinajstić information content (AvgIpc) is 3.28. The summed E-state index contributed by atoms with van der Waals surface area (Å²) in [4.78, 5) is 33.1. The first-order valence-corrected chi connectivity index (χ1v) is 19.9. The number of nitriles is 2.